The molecular weight excluding hydrogens is 388 g/mol. The lowest BCUT2D eigenvalue weighted by molar-refractivity contribution is -0.119. The molecule has 0 atom stereocenters. The summed E-state index contributed by atoms with van der Waals surface area (Å²) in [4.78, 5) is 24.4. The first-order chi connectivity index (χ1) is 13.9. The third-order valence-corrected chi connectivity index (χ3v) is 4.04. The van der Waals surface area contributed by atoms with Crippen molar-refractivity contribution in [2.24, 2.45) is 0 Å². The van der Waals surface area contributed by atoms with Crippen LogP contribution in [-0.2, 0) is 9.53 Å². The smallest absolute Gasteiger partial charge is 0.387 e. The number of nitrogens with one attached hydrogen (secondary N) is 1. The Morgan fingerprint density at radius 2 is 1.93 bits per heavy atom. The molecule has 0 saturated heterocycles. The van der Waals surface area contributed by atoms with E-state index in [4.69, 9.17) is 13.9 Å². The van der Waals surface area contributed by atoms with Gasteiger partial charge in [-0.2, -0.15) is 8.78 Å². The molecule has 0 saturated carbocycles. The molecular formula is C20H17F2NO6. The van der Waals surface area contributed by atoms with E-state index in [0.717, 1.165) is 0 Å². The Balaban J connectivity index is 1.66. The Labute approximate surface area is 164 Å². The lowest BCUT2D eigenvalue weighted by Crippen LogP contribution is -2.21. The maximum atomic E-state index is 12.4. The highest BCUT2D eigenvalue weighted by molar-refractivity contribution is 5.98. The van der Waals surface area contributed by atoms with Crippen molar-refractivity contribution in [2.45, 2.75) is 13.5 Å². The molecule has 1 amide bonds. The highest BCUT2D eigenvalue weighted by Gasteiger charge is 2.21. The van der Waals surface area contributed by atoms with Gasteiger partial charge >= 0.3 is 12.6 Å². The summed E-state index contributed by atoms with van der Waals surface area (Å²) < 4.78 is 44.8. The molecule has 0 spiro atoms. The molecule has 0 radical (unpaired) electrons. The summed E-state index contributed by atoms with van der Waals surface area (Å²) in [6.07, 6.45) is 0. The van der Waals surface area contributed by atoms with Crippen molar-refractivity contribution in [3.8, 4) is 11.5 Å². The minimum absolute atomic E-state index is 0.0286. The van der Waals surface area contributed by atoms with Gasteiger partial charge in [0, 0.05) is 10.9 Å². The van der Waals surface area contributed by atoms with Crippen LogP contribution in [0.2, 0.25) is 0 Å². The molecule has 7 nitrogen and oxygen atoms in total. The van der Waals surface area contributed by atoms with Gasteiger partial charge in [0.1, 0.15) is 17.1 Å². The van der Waals surface area contributed by atoms with E-state index in [0.29, 0.717) is 22.3 Å². The summed E-state index contributed by atoms with van der Waals surface area (Å²) in [7, 11) is 1.52. The molecule has 9 heteroatoms. The largest absolute Gasteiger partial charge is 0.497 e. The van der Waals surface area contributed by atoms with Gasteiger partial charge in [-0.3, -0.25) is 4.79 Å². The fourth-order valence-corrected chi connectivity index (χ4v) is 2.67. The zero-order valence-corrected chi connectivity index (χ0v) is 15.5. The summed E-state index contributed by atoms with van der Waals surface area (Å²) in [5, 5.41) is 3.04. The molecule has 0 unspecified atom stereocenters. The van der Waals surface area contributed by atoms with Crippen LogP contribution < -0.4 is 14.8 Å². The van der Waals surface area contributed by atoms with Gasteiger partial charge in [0.05, 0.1) is 12.8 Å². The Kier molecular flexibility index (Phi) is 5.96. The summed E-state index contributed by atoms with van der Waals surface area (Å²) in [6, 6.07) is 10.7. The highest BCUT2D eigenvalue weighted by Crippen LogP contribution is 2.29. The number of anilines is 1. The number of hydrogen-bond acceptors (Lipinski definition) is 6. The number of benzene rings is 2. The molecule has 0 aliphatic heterocycles. The zero-order chi connectivity index (χ0) is 21.0. The predicted molar refractivity (Wildman–Crippen MR) is 99.5 cm³/mol. The van der Waals surface area contributed by atoms with Crippen LogP contribution >= 0.6 is 0 Å². The first-order valence-electron chi connectivity index (χ1n) is 8.47. The van der Waals surface area contributed by atoms with E-state index >= 15 is 0 Å². The van der Waals surface area contributed by atoms with Gasteiger partial charge in [-0.15, -0.1) is 0 Å². The second-order valence-corrected chi connectivity index (χ2v) is 5.92. The molecule has 152 valence electrons. The van der Waals surface area contributed by atoms with Gasteiger partial charge in [0.15, 0.2) is 6.61 Å². The standard InChI is InChI=1S/C20H17F2NO6/c1-11-13-9-12(26-2)7-8-15(13)28-18(11)19(25)27-10-17(24)23-14-5-3-4-6-16(14)29-20(21)22/h3-9,20H,10H2,1-2H3,(H,23,24). The van der Waals surface area contributed by atoms with Crippen LogP contribution in [0.15, 0.2) is 46.9 Å². The maximum absolute atomic E-state index is 12.4. The van der Waals surface area contributed by atoms with E-state index in [-0.39, 0.29) is 17.2 Å². The number of para-hydroxylation sites is 2. The summed E-state index contributed by atoms with van der Waals surface area (Å²) in [5.74, 6) is -1.19. The predicted octanol–water partition coefficient (Wildman–Crippen LogP) is 4.15. The number of amides is 1. The number of esters is 1. The van der Waals surface area contributed by atoms with Gasteiger partial charge < -0.3 is 23.9 Å². The van der Waals surface area contributed by atoms with Gasteiger partial charge in [-0.25, -0.2) is 4.79 Å². The lowest BCUT2D eigenvalue weighted by Gasteiger charge is -2.11. The molecule has 1 aromatic heterocycles. The maximum Gasteiger partial charge on any atom is 0.387 e. The molecule has 1 N–H and O–H groups in total. The molecule has 0 aliphatic rings. The van der Waals surface area contributed by atoms with Crippen molar-refractivity contribution in [3.05, 3.63) is 53.8 Å². The van der Waals surface area contributed by atoms with Crippen LogP contribution in [0, 0.1) is 6.92 Å². The summed E-state index contributed by atoms with van der Waals surface area (Å²) in [5.41, 5.74) is 1.04. The topological polar surface area (TPSA) is 87.0 Å². The number of rotatable bonds is 7. The van der Waals surface area contributed by atoms with E-state index in [1.54, 1.807) is 25.1 Å². The van der Waals surface area contributed by atoms with Gasteiger partial charge in [-0.05, 0) is 37.3 Å². The van der Waals surface area contributed by atoms with Crippen molar-refractivity contribution >= 4 is 28.5 Å². The third-order valence-electron chi connectivity index (χ3n) is 4.04. The molecule has 0 fully saturated rings. The number of carbonyl (C=O) groups excluding carboxylic acids is 2. The minimum atomic E-state index is -3.04. The number of methoxy groups -OCH3 is 1. The van der Waals surface area contributed by atoms with Crippen LogP contribution in [0.1, 0.15) is 16.1 Å². The molecule has 29 heavy (non-hydrogen) atoms. The number of hydrogen-bond donors (Lipinski definition) is 1. The Hall–Kier alpha value is -3.62. The van der Waals surface area contributed by atoms with Crippen LogP contribution in [0.3, 0.4) is 0 Å². The fraction of sp³-hybridized carbons (Fsp3) is 0.200. The molecule has 3 aromatic rings. The summed E-state index contributed by atoms with van der Waals surface area (Å²) in [6.45, 7) is -2.00. The average Bonchev–Trinajstić information content (AvgIpc) is 3.03. The number of ether oxygens (including phenoxy) is 3. The Bertz CT molecular complexity index is 1050. The first kappa shape index (κ1) is 20.1. The van der Waals surface area contributed by atoms with Crippen molar-refractivity contribution in [1.82, 2.24) is 0 Å². The van der Waals surface area contributed by atoms with Crippen molar-refractivity contribution in [2.75, 3.05) is 19.0 Å². The SMILES string of the molecule is COc1ccc2oc(C(=O)OCC(=O)Nc3ccccc3OC(F)F)c(C)c2c1. The van der Waals surface area contributed by atoms with Gasteiger partial charge in [-0.1, -0.05) is 12.1 Å². The normalized spacial score (nSPS) is 10.8. The molecule has 1 heterocycles. The van der Waals surface area contributed by atoms with Crippen LogP contribution in [0.4, 0.5) is 14.5 Å². The fourth-order valence-electron chi connectivity index (χ4n) is 2.67. The van der Waals surface area contributed by atoms with E-state index in [2.05, 4.69) is 10.1 Å². The van der Waals surface area contributed by atoms with E-state index in [1.165, 1.54) is 31.4 Å². The number of carbonyl (C=O) groups is 2. The molecule has 0 bridgehead atoms. The monoisotopic (exact) mass is 405 g/mol. The average molecular weight is 405 g/mol. The highest BCUT2D eigenvalue weighted by atomic mass is 19.3. The lowest BCUT2D eigenvalue weighted by atomic mass is 10.1. The Morgan fingerprint density at radius 1 is 1.17 bits per heavy atom. The number of halogens is 2. The summed E-state index contributed by atoms with van der Waals surface area (Å²) >= 11 is 0. The van der Waals surface area contributed by atoms with E-state index < -0.39 is 25.1 Å². The molecule has 0 aliphatic carbocycles. The quantitative estimate of drug-likeness (QED) is 0.595. The Morgan fingerprint density at radius 3 is 2.66 bits per heavy atom. The van der Waals surface area contributed by atoms with E-state index in [9.17, 15) is 18.4 Å². The second kappa shape index (κ2) is 8.59. The number of alkyl halides is 2. The number of fused-ring (bicyclic) bond motifs is 1. The molecule has 2 aromatic carbocycles. The number of aryl methyl sites for hydroxylation is 1. The number of furan rings is 1. The molecule has 3 rings (SSSR count). The van der Waals surface area contributed by atoms with Crippen molar-refractivity contribution < 1.29 is 37.0 Å². The third kappa shape index (κ3) is 4.63. The van der Waals surface area contributed by atoms with Crippen LogP contribution in [0.5, 0.6) is 11.5 Å². The zero-order valence-electron chi connectivity index (χ0n) is 15.5. The van der Waals surface area contributed by atoms with Gasteiger partial charge in [0.2, 0.25) is 5.76 Å². The van der Waals surface area contributed by atoms with Crippen molar-refractivity contribution in [3.63, 3.8) is 0 Å². The second-order valence-electron chi connectivity index (χ2n) is 5.92. The van der Waals surface area contributed by atoms with Crippen LogP contribution in [-0.4, -0.2) is 32.2 Å². The van der Waals surface area contributed by atoms with Crippen molar-refractivity contribution in [1.29, 1.82) is 0 Å². The van der Waals surface area contributed by atoms with Gasteiger partial charge in [0.25, 0.3) is 5.91 Å². The minimum Gasteiger partial charge on any atom is -0.497 e. The van der Waals surface area contributed by atoms with Crippen LogP contribution in [0.25, 0.3) is 11.0 Å². The first-order valence-corrected chi connectivity index (χ1v) is 8.47. The van der Waals surface area contributed by atoms with E-state index in [1.807, 2.05) is 0 Å².